The van der Waals surface area contributed by atoms with E-state index in [1.54, 1.807) is 31.5 Å². The quantitative estimate of drug-likeness (QED) is 0.380. The van der Waals surface area contributed by atoms with Crippen LogP contribution < -0.4 is 25.4 Å². The number of nitrogens with one attached hydrogen (secondary N) is 2. The number of sulfonamides is 1. The minimum Gasteiger partial charge on any atom is -0.494 e. The van der Waals surface area contributed by atoms with Crippen molar-refractivity contribution < 1.29 is 13.2 Å². The third kappa shape index (κ3) is 6.20. The Kier molecular flexibility index (Phi) is 7.75. The van der Waals surface area contributed by atoms with Crippen molar-refractivity contribution in [3.05, 3.63) is 58.7 Å². The average Bonchev–Trinajstić information content (AvgIpc) is 2.84. The molecule has 1 fully saturated rings. The molecule has 4 rings (SSSR count). The van der Waals surface area contributed by atoms with Crippen LogP contribution in [0.1, 0.15) is 5.56 Å². The summed E-state index contributed by atoms with van der Waals surface area (Å²) in [5.41, 5.74) is 2.38. The van der Waals surface area contributed by atoms with E-state index in [0.717, 1.165) is 37.6 Å². The molecule has 186 valence electrons. The average molecular weight is 562 g/mol. The monoisotopic (exact) mass is 561 g/mol. The van der Waals surface area contributed by atoms with Crippen molar-refractivity contribution in [2.75, 3.05) is 55.9 Å². The number of rotatable bonds is 8. The number of likely N-dealkylation sites (N-methyl/N-ethyl adjacent to an activating group) is 1. The molecule has 0 amide bonds. The zero-order valence-corrected chi connectivity index (χ0v) is 21.9. The van der Waals surface area contributed by atoms with Crippen molar-refractivity contribution >= 4 is 49.1 Å². The summed E-state index contributed by atoms with van der Waals surface area (Å²) in [6.07, 6.45) is 1.62. The van der Waals surface area contributed by atoms with Crippen molar-refractivity contribution in [1.29, 1.82) is 0 Å². The summed E-state index contributed by atoms with van der Waals surface area (Å²) in [6.45, 7) is 4.18. The molecule has 1 aliphatic rings. The number of piperazine rings is 1. The van der Waals surface area contributed by atoms with Crippen LogP contribution in [0.25, 0.3) is 0 Å². The molecule has 1 aliphatic heterocycles. The van der Waals surface area contributed by atoms with Crippen LogP contribution in [0.5, 0.6) is 5.75 Å². The molecule has 0 radical (unpaired) electrons. The van der Waals surface area contributed by atoms with Crippen LogP contribution in [-0.4, -0.2) is 63.6 Å². The summed E-state index contributed by atoms with van der Waals surface area (Å²) >= 11 is 3.44. The second-order valence-electron chi connectivity index (χ2n) is 8.20. The van der Waals surface area contributed by atoms with Crippen molar-refractivity contribution in [3.8, 4) is 5.75 Å². The van der Waals surface area contributed by atoms with Gasteiger partial charge < -0.3 is 25.2 Å². The molecule has 0 spiro atoms. The molecular weight excluding hydrogens is 534 g/mol. The van der Waals surface area contributed by atoms with Gasteiger partial charge in [0.15, 0.2) is 0 Å². The Hall–Kier alpha value is -2.93. The van der Waals surface area contributed by atoms with Crippen LogP contribution in [0.3, 0.4) is 0 Å². The molecule has 4 N–H and O–H groups in total. The van der Waals surface area contributed by atoms with Crippen LogP contribution in [0, 0.1) is 0 Å². The molecular formula is C23H28BrN7O3S. The number of halogens is 1. The zero-order chi connectivity index (χ0) is 25.0. The normalized spacial score (nSPS) is 14.6. The van der Waals surface area contributed by atoms with Gasteiger partial charge in [-0.25, -0.2) is 18.5 Å². The fraction of sp³-hybridized carbons (Fsp3) is 0.304. The molecule has 0 bridgehead atoms. The highest BCUT2D eigenvalue weighted by Gasteiger charge is 2.17. The molecule has 0 aliphatic carbocycles. The van der Waals surface area contributed by atoms with E-state index in [4.69, 9.17) is 9.88 Å². The number of anilines is 4. The molecule has 35 heavy (non-hydrogen) atoms. The first-order valence-electron chi connectivity index (χ1n) is 11.0. The van der Waals surface area contributed by atoms with E-state index in [0.29, 0.717) is 27.6 Å². The minimum absolute atomic E-state index is 0.0706. The topological polar surface area (TPSA) is 126 Å². The zero-order valence-electron chi connectivity index (χ0n) is 19.5. The van der Waals surface area contributed by atoms with Gasteiger partial charge in [-0.15, -0.1) is 0 Å². The highest BCUT2D eigenvalue weighted by Crippen LogP contribution is 2.32. The fourth-order valence-corrected chi connectivity index (χ4v) is 4.93. The predicted molar refractivity (Wildman–Crippen MR) is 141 cm³/mol. The summed E-state index contributed by atoms with van der Waals surface area (Å²) < 4.78 is 30.0. The lowest BCUT2D eigenvalue weighted by Crippen LogP contribution is -2.44. The highest BCUT2D eigenvalue weighted by molar-refractivity contribution is 9.10. The van der Waals surface area contributed by atoms with Crippen LogP contribution in [-0.2, 0) is 16.6 Å². The van der Waals surface area contributed by atoms with Gasteiger partial charge in [0.25, 0.3) is 0 Å². The van der Waals surface area contributed by atoms with Crippen LogP contribution in [0.15, 0.2) is 58.0 Å². The third-order valence-corrected chi connectivity index (χ3v) is 7.36. The van der Waals surface area contributed by atoms with Crippen LogP contribution in [0.4, 0.5) is 23.1 Å². The summed E-state index contributed by atoms with van der Waals surface area (Å²) in [5.74, 6) is 1.55. The Morgan fingerprint density at radius 2 is 1.89 bits per heavy atom. The van der Waals surface area contributed by atoms with E-state index < -0.39 is 10.0 Å². The molecule has 0 unspecified atom stereocenters. The number of hydrogen-bond acceptors (Lipinski definition) is 9. The van der Waals surface area contributed by atoms with E-state index in [9.17, 15) is 8.42 Å². The lowest BCUT2D eigenvalue weighted by molar-refractivity contribution is 0.312. The molecule has 0 saturated carbocycles. The Labute approximate surface area is 213 Å². The van der Waals surface area contributed by atoms with E-state index >= 15 is 0 Å². The number of benzene rings is 2. The maximum atomic E-state index is 11.9. The number of aromatic nitrogens is 2. The van der Waals surface area contributed by atoms with Gasteiger partial charge in [0.1, 0.15) is 11.6 Å². The van der Waals surface area contributed by atoms with Gasteiger partial charge in [-0.05, 0) is 46.7 Å². The van der Waals surface area contributed by atoms with Crippen LogP contribution in [0.2, 0.25) is 0 Å². The highest BCUT2D eigenvalue weighted by atomic mass is 79.9. The number of nitrogens with two attached hydrogens (primary N) is 1. The lowest BCUT2D eigenvalue weighted by atomic mass is 10.2. The molecule has 10 nitrogen and oxygen atoms in total. The van der Waals surface area contributed by atoms with E-state index in [2.05, 4.69) is 59.4 Å². The number of primary sulfonamides is 1. The summed E-state index contributed by atoms with van der Waals surface area (Å²) in [7, 11) is -0.0739. The summed E-state index contributed by atoms with van der Waals surface area (Å²) in [5, 5.41) is 11.7. The second kappa shape index (κ2) is 10.8. The first-order chi connectivity index (χ1) is 16.7. The number of methoxy groups -OCH3 is 1. The Balaban J connectivity index is 1.50. The SMILES string of the molecule is COc1cc(N2CCN(C)CC2)ccc1Nc1ncc(Br)c(NCc2ccccc2S(N)(=O)=O)n1. The maximum Gasteiger partial charge on any atom is 0.238 e. The van der Waals surface area contributed by atoms with Crippen molar-refractivity contribution in [1.82, 2.24) is 14.9 Å². The number of nitrogens with zero attached hydrogens (tertiary/aromatic N) is 4. The van der Waals surface area contributed by atoms with E-state index in [1.807, 2.05) is 12.1 Å². The minimum atomic E-state index is -3.84. The number of ether oxygens (including phenoxy) is 1. The smallest absolute Gasteiger partial charge is 0.238 e. The van der Waals surface area contributed by atoms with E-state index in [-0.39, 0.29) is 11.4 Å². The van der Waals surface area contributed by atoms with Gasteiger partial charge in [0, 0.05) is 50.7 Å². The van der Waals surface area contributed by atoms with Crippen molar-refractivity contribution in [2.45, 2.75) is 11.4 Å². The van der Waals surface area contributed by atoms with Gasteiger partial charge in [-0.3, -0.25) is 0 Å². The first kappa shape index (κ1) is 25.2. The summed E-state index contributed by atoms with van der Waals surface area (Å²) in [4.78, 5) is 13.6. The van der Waals surface area contributed by atoms with Gasteiger partial charge in [0.05, 0.1) is 22.2 Å². The standard InChI is InChI=1S/C23H28BrN7O3S/c1-30-9-11-31(12-10-30)17-7-8-19(20(13-17)34-2)28-23-27-15-18(24)22(29-23)26-14-16-5-3-4-6-21(16)35(25,32)33/h3-8,13,15H,9-12,14H2,1-2H3,(H2,25,32,33)(H2,26,27,28,29). The molecule has 1 saturated heterocycles. The molecule has 1 aromatic heterocycles. The molecule has 0 atom stereocenters. The molecule has 12 heteroatoms. The fourth-order valence-electron chi connectivity index (χ4n) is 3.82. The van der Waals surface area contributed by atoms with Crippen LogP contribution >= 0.6 is 15.9 Å². The van der Waals surface area contributed by atoms with Crippen molar-refractivity contribution in [2.24, 2.45) is 5.14 Å². The summed E-state index contributed by atoms with van der Waals surface area (Å²) in [6, 6.07) is 12.6. The third-order valence-electron chi connectivity index (χ3n) is 5.77. The Morgan fingerprint density at radius 1 is 1.14 bits per heavy atom. The first-order valence-corrected chi connectivity index (χ1v) is 13.3. The molecule has 2 heterocycles. The lowest BCUT2D eigenvalue weighted by Gasteiger charge is -2.34. The predicted octanol–water partition coefficient (Wildman–Crippen LogP) is 3.00. The Bertz CT molecular complexity index is 1300. The van der Waals surface area contributed by atoms with Crippen molar-refractivity contribution in [3.63, 3.8) is 0 Å². The van der Waals surface area contributed by atoms with E-state index in [1.165, 1.54) is 6.07 Å². The maximum absolute atomic E-state index is 11.9. The molecule has 3 aromatic rings. The Morgan fingerprint density at radius 3 is 2.60 bits per heavy atom. The largest absolute Gasteiger partial charge is 0.494 e. The van der Waals surface area contributed by atoms with Gasteiger partial charge in [-0.2, -0.15) is 4.98 Å². The van der Waals surface area contributed by atoms with Gasteiger partial charge in [0.2, 0.25) is 16.0 Å². The van der Waals surface area contributed by atoms with Gasteiger partial charge in [-0.1, -0.05) is 18.2 Å². The molecule has 2 aromatic carbocycles. The van der Waals surface area contributed by atoms with Gasteiger partial charge >= 0.3 is 0 Å². The second-order valence-corrected chi connectivity index (χ2v) is 10.6. The number of hydrogen-bond donors (Lipinski definition) is 3.